The van der Waals surface area contributed by atoms with E-state index in [9.17, 15) is 0 Å². The largest absolute Gasteiger partial charge is 0.368 e. The molecule has 1 N–H and O–H groups in total. The molecule has 1 fully saturated rings. The summed E-state index contributed by atoms with van der Waals surface area (Å²) >= 11 is 6.11. The number of benzene rings is 1. The summed E-state index contributed by atoms with van der Waals surface area (Å²) in [6, 6.07) is 8.03. The number of hydrogen-bond acceptors (Lipinski definition) is 4. The monoisotopic (exact) mass is 489 g/mol. The van der Waals surface area contributed by atoms with Crippen LogP contribution in [0, 0.1) is 0 Å². The highest BCUT2D eigenvalue weighted by atomic mass is 127. The standard InChI is InChI=1S/C17H24ClN7.HI/c1-3-19-17(20-12-16-22-21-13-23(16)2)25-9-7-24(8-10-25)15-6-4-5-14(18)11-15;/h4-6,11,13H,3,7-10,12H2,1-2H3,(H,19,20);1H. The Labute approximate surface area is 176 Å². The minimum absolute atomic E-state index is 0. The number of halogens is 2. The molecule has 0 unspecified atom stereocenters. The maximum Gasteiger partial charge on any atom is 0.194 e. The van der Waals surface area contributed by atoms with Gasteiger partial charge in [0.1, 0.15) is 12.9 Å². The zero-order valence-electron chi connectivity index (χ0n) is 15.1. The normalized spacial score (nSPS) is 15.0. The van der Waals surface area contributed by atoms with Crippen LogP contribution in [0.25, 0.3) is 0 Å². The molecule has 2 aromatic rings. The van der Waals surface area contributed by atoms with Crippen molar-refractivity contribution in [3.05, 3.63) is 41.4 Å². The van der Waals surface area contributed by atoms with E-state index in [2.05, 4.69) is 38.3 Å². The van der Waals surface area contributed by atoms with E-state index in [0.29, 0.717) is 6.54 Å². The number of aromatic nitrogens is 3. The van der Waals surface area contributed by atoms with Crippen molar-refractivity contribution in [3.63, 3.8) is 0 Å². The summed E-state index contributed by atoms with van der Waals surface area (Å²) in [5, 5.41) is 12.1. The van der Waals surface area contributed by atoms with Crippen molar-refractivity contribution in [2.24, 2.45) is 12.0 Å². The molecule has 0 amide bonds. The molecular formula is C17H25ClIN7. The third-order valence-corrected chi connectivity index (χ3v) is 4.50. The summed E-state index contributed by atoms with van der Waals surface area (Å²) < 4.78 is 1.89. The minimum Gasteiger partial charge on any atom is -0.368 e. The van der Waals surface area contributed by atoms with E-state index >= 15 is 0 Å². The molecule has 0 bridgehead atoms. The summed E-state index contributed by atoms with van der Waals surface area (Å²) in [6.45, 7) is 7.15. The Morgan fingerprint density at radius 2 is 2.04 bits per heavy atom. The smallest absolute Gasteiger partial charge is 0.194 e. The van der Waals surface area contributed by atoms with Crippen molar-refractivity contribution in [2.75, 3.05) is 37.6 Å². The van der Waals surface area contributed by atoms with Gasteiger partial charge in [-0.1, -0.05) is 17.7 Å². The fraction of sp³-hybridized carbons (Fsp3) is 0.471. The topological polar surface area (TPSA) is 61.6 Å². The molecule has 7 nitrogen and oxygen atoms in total. The first-order valence-electron chi connectivity index (χ1n) is 8.54. The number of nitrogens with one attached hydrogen (secondary N) is 1. The Hall–Kier alpha value is -1.55. The molecule has 1 saturated heterocycles. The van der Waals surface area contributed by atoms with Gasteiger partial charge in [0.15, 0.2) is 11.8 Å². The van der Waals surface area contributed by atoms with Gasteiger partial charge in [0.2, 0.25) is 0 Å². The van der Waals surface area contributed by atoms with Crippen LogP contribution in [0.2, 0.25) is 5.02 Å². The second-order valence-corrected chi connectivity index (χ2v) is 6.42. The lowest BCUT2D eigenvalue weighted by Gasteiger charge is -2.37. The highest BCUT2D eigenvalue weighted by Crippen LogP contribution is 2.20. The highest BCUT2D eigenvalue weighted by molar-refractivity contribution is 14.0. The van der Waals surface area contributed by atoms with Crippen LogP contribution in [0.15, 0.2) is 35.6 Å². The lowest BCUT2D eigenvalue weighted by atomic mass is 10.2. The van der Waals surface area contributed by atoms with Crippen molar-refractivity contribution in [1.29, 1.82) is 0 Å². The maximum atomic E-state index is 6.11. The van der Waals surface area contributed by atoms with Gasteiger partial charge in [-0.05, 0) is 25.1 Å². The molecule has 1 aromatic heterocycles. The van der Waals surface area contributed by atoms with E-state index < -0.39 is 0 Å². The van der Waals surface area contributed by atoms with E-state index in [4.69, 9.17) is 16.6 Å². The zero-order valence-corrected chi connectivity index (χ0v) is 18.2. The van der Waals surface area contributed by atoms with Crippen molar-refractivity contribution < 1.29 is 0 Å². The fourth-order valence-corrected chi connectivity index (χ4v) is 3.06. The van der Waals surface area contributed by atoms with Crippen LogP contribution in [0.4, 0.5) is 5.69 Å². The number of guanidine groups is 1. The van der Waals surface area contributed by atoms with E-state index in [1.807, 2.05) is 29.8 Å². The highest BCUT2D eigenvalue weighted by Gasteiger charge is 2.20. The summed E-state index contributed by atoms with van der Waals surface area (Å²) in [7, 11) is 1.93. The molecule has 0 radical (unpaired) electrons. The first kappa shape index (κ1) is 20.8. The van der Waals surface area contributed by atoms with Crippen LogP contribution in [0.5, 0.6) is 0 Å². The number of hydrogen-bond donors (Lipinski definition) is 1. The van der Waals surface area contributed by atoms with Crippen LogP contribution in [0.1, 0.15) is 12.7 Å². The van der Waals surface area contributed by atoms with Gasteiger partial charge in [-0.15, -0.1) is 34.2 Å². The van der Waals surface area contributed by atoms with Crippen molar-refractivity contribution in [1.82, 2.24) is 25.0 Å². The Morgan fingerprint density at radius 3 is 2.65 bits per heavy atom. The zero-order chi connectivity index (χ0) is 17.6. The molecule has 0 saturated carbocycles. The van der Waals surface area contributed by atoms with E-state index in [0.717, 1.165) is 49.5 Å². The van der Waals surface area contributed by atoms with Crippen molar-refractivity contribution in [2.45, 2.75) is 13.5 Å². The number of rotatable bonds is 4. The molecule has 9 heteroatoms. The molecule has 0 atom stereocenters. The Morgan fingerprint density at radius 1 is 1.27 bits per heavy atom. The molecule has 2 heterocycles. The van der Waals surface area contributed by atoms with Crippen molar-refractivity contribution >= 4 is 47.2 Å². The molecule has 0 aliphatic carbocycles. The molecule has 142 valence electrons. The molecule has 0 spiro atoms. The van der Waals surface area contributed by atoms with Crippen LogP contribution in [-0.2, 0) is 13.6 Å². The molecule has 1 aliphatic heterocycles. The average Bonchev–Trinajstić information content (AvgIpc) is 3.04. The molecular weight excluding hydrogens is 465 g/mol. The van der Waals surface area contributed by atoms with E-state index in [1.165, 1.54) is 5.69 Å². The summed E-state index contributed by atoms with van der Waals surface area (Å²) in [5.41, 5.74) is 1.17. The van der Waals surface area contributed by atoms with Gasteiger partial charge in [-0.3, -0.25) is 0 Å². The molecule has 1 aliphatic rings. The van der Waals surface area contributed by atoms with Crippen LogP contribution in [-0.4, -0.2) is 58.3 Å². The van der Waals surface area contributed by atoms with E-state index in [1.54, 1.807) is 6.33 Å². The van der Waals surface area contributed by atoms with Crippen LogP contribution < -0.4 is 10.2 Å². The van der Waals surface area contributed by atoms with Gasteiger partial charge in [-0.2, -0.15) is 0 Å². The Bertz CT molecular complexity index is 725. The Kier molecular flexibility index (Phi) is 7.95. The fourth-order valence-electron chi connectivity index (χ4n) is 2.87. The third kappa shape index (κ3) is 5.23. The number of nitrogens with zero attached hydrogens (tertiary/aromatic N) is 6. The second kappa shape index (κ2) is 9.96. The van der Waals surface area contributed by atoms with E-state index in [-0.39, 0.29) is 24.0 Å². The first-order valence-corrected chi connectivity index (χ1v) is 8.92. The second-order valence-electron chi connectivity index (χ2n) is 5.98. The predicted octanol–water partition coefficient (Wildman–Crippen LogP) is 2.37. The summed E-state index contributed by atoms with van der Waals surface area (Å²) in [4.78, 5) is 9.37. The van der Waals surface area contributed by atoms with Gasteiger partial charge in [0.05, 0.1) is 0 Å². The third-order valence-electron chi connectivity index (χ3n) is 4.26. The SMILES string of the molecule is CCNC(=NCc1nncn1C)N1CCN(c2cccc(Cl)c2)CC1.I. The molecule has 3 rings (SSSR count). The quantitative estimate of drug-likeness (QED) is 0.406. The van der Waals surface area contributed by atoms with Gasteiger partial charge >= 0.3 is 0 Å². The number of piperazine rings is 1. The number of aliphatic imine (C=N–C) groups is 1. The minimum atomic E-state index is 0. The van der Waals surface area contributed by atoms with Crippen molar-refractivity contribution in [3.8, 4) is 0 Å². The van der Waals surface area contributed by atoms with Crippen LogP contribution in [0.3, 0.4) is 0 Å². The molecule has 1 aromatic carbocycles. The predicted molar refractivity (Wildman–Crippen MR) is 116 cm³/mol. The summed E-state index contributed by atoms with van der Waals surface area (Å²) in [6.07, 6.45) is 1.70. The number of aryl methyl sites for hydroxylation is 1. The Balaban J connectivity index is 0.00000243. The molecule has 26 heavy (non-hydrogen) atoms. The summed E-state index contributed by atoms with van der Waals surface area (Å²) in [5.74, 6) is 1.78. The first-order chi connectivity index (χ1) is 12.2. The average molecular weight is 490 g/mol. The van der Waals surface area contributed by atoms with Gasteiger partial charge in [-0.25, -0.2) is 4.99 Å². The van der Waals surface area contributed by atoms with Gasteiger partial charge in [0, 0.05) is 50.5 Å². The lowest BCUT2D eigenvalue weighted by Crippen LogP contribution is -2.52. The van der Waals surface area contributed by atoms with Gasteiger partial charge < -0.3 is 19.7 Å². The van der Waals surface area contributed by atoms with Gasteiger partial charge in [0.25, 0.3) is 0 Å². The number of anilines is 1. The van der Waals surface area contributed by atoms with Crippen LogP contribution >= 0.6 is 35.6 Å². The lowest BCUT2D eigenvalue weighted by molar-refractivity contribution is 0.372. The maximum absolute atomic E-state index is 6.11.